The molecule has 1 aliphatic rings. The highest BCUT2D eigenvalue weighted by molar-refractivity contribution is 6.36. The largest absolute Gasteiger partial charge is 0.367 e. The molecule has 1 aliphatic heterocycles. The van der Waals surface area contributed by atoms with Crippen molar-refractivity contribution in [2.24, 2.45) is 0 Å². The fraction of sp³-hybridized carbons (Fsp3) is 0.222. The first-order chi connectivity index (χ1) is 17.0. The van der Waals surface area contributed by atoms with Gasteiger partial charge in [-0.25, -0.2) is 4.98 Å². The minimum atomic E-state index is 0.0828. The van der Waals surface area contributed by atoms with Crippen LogP contribution in [0.15, 0.2) is 72.4 Å². The number of rotatable bonds is 5. The Kier molecular flexibility index (Phi) is 6.60. The standard InChI is InChI=1S/C27H25BClN5O/c1-18(15-19-7-3-2-4-8-19)27(35)33-13-11-20(12-14-33)31-25-16-24(21-9-5-6-10-23(21)29)32-26-22(28)17-30-34(25)26/h2-10,15-17,20,31H,11-14H2,1H3/b18-15+. The molecule has 2 radical (unpaired) electrons. The van der Waals surface area contributed by atoms with Gasteiger partial charge < -0.3 is 10.2 Å². The maximum atomic E-state index is 13.0. The van der Waals surface area contributed by atoms with Crippen LogP contribution < -0.4 is 10.8 Å². The van der Waals surface area contributed by atoms with Crippen LogP contribution in [-0.2, 0) is 4.79 Å². The zero-order valence-corrected chi connectivity index (χ0v) is 20.2. The first-order valence-electron chi connectivity index (χ1n) is 11.7. The Morgan fingerprint density at radius 2 is 1.83 bits per heavy atom. The van der Waals surface area contributed by atoms with Crippen molar-refractivity contribution >= 4 is 48.4 Å². The molecule has 0 aliphatic carbocycles. The van der Waals surface area contributed by atoms with Crippen molar-refractivity contribution in [3.05, 3.63) is 83.0 Å². The van der Waals surface area contributed by atoms with Gasteiger partial charge in [0.15, 0.2) is 5.65 Å². The highest BCUT2D eigenvalue weighted by Gasteiger charge is 2.24. The van der Waals surface area contributed by atoms with Gasteiger partial charge in [-0.3, -0.25) is 4.79 Å². The average molecular weight is 482 g/mol. The SMILES string of the molecule is [B]c1cnn2c(NC3CCN(C(=O)/C(C)=C/c4ccccc4)CC3)cc(-c3ccccc3Cl)nc12. The lowest BCUT2D eigenvalue weighted by molar-refractivity contribution is -0.127. The van der Waals surface area contributed by atoms with Crippen LogP contribution in [-0.4, -0.2) is 52.4 Å². The van der Waals surface area contributed by atoms with E-state index in [1.165, 1.54) is 0 Å². The van der Waals surface area contributed by atoms with Gasteiger partial charge in [0.25, 0.3) is 0 Å². The van der Waals surface area contributed by atoms with Crippen molar-refractivity contribution in [2.75, 3.05) is 18.4 Å². The van der Waals surface area contributed by atoms with Gasteiger partial charge in [0.1, 0.15) is 13.7 Å². The van der Waals surface area contributed by atoms with E-state index in [1.54, 1.807) is 10.7 Å². The lowest BCUT2D eigenvalue weighted by Gasteiger charge is -2.33. The molecule has 4 aromatic rings. The first kappa shape index (κ1) is 23.2. The maximum absolute atomic E-state index is 13.0. The first-order valence-corrected chi connectivity index (χ1v) is 12.1. The van der Waals surface area contributed by atoms with E-state index in [4.69, 9.17) is 24.4 Å². The van der Waals surface area contributed by atoms with E-state index < -0.39 is 0 Å². The number of hydrogen-bond donors (Lipinski definition) is 1. The summed E-state index contributed by atoms with van der Waals surface area (Å²) in [5.74, 6) is 0.881. The number of halogens is 1. The van der Waals surface area contributed by atoms with Crippen LogP contribution in [0.4, 0.5) is 5.82 Å². The Hall–Kier alpha value is -3.58. The van der Waals surface area contributed by atoms with Crippen molar-refractivity contribution in [1.29, 1.82) is 0 Å². The van der Waals surface area contributed by atoms with Gasteiger partial charge in [-0.2, -0.15) is 9.61 Å². The number of nitrogens with one attached hydrogen (secondary N) is 1. The number of aromatic nitrogens is 3. The fourth-order valence-electron chi connectivity index (χ4n) is 4.44. The minimum absolute atomic E-state index is 0.0828. The zero-order valence-electron chi connectivity index (χ0n) is 19.5. The molecule has 0 unspecified atom stereocenters. The maximum Gasteiger partial charge on any atom is 0.249 e. The molecule has 0 bridgehead atoms. The van der Waals surface area contributed by atoms with Crippen LogP contribution in [0, 0.1) is 0 Å². The van der Waals surface area contributed by atoms with Gasteiger partial charge in [0, 0.05) is 47.6 Å². The lowest BCUT2D eigenvalue weighted by atomic mass is 10.0. The average Bonchev–Trinajstić information content (AvgIpc) is 3.26. The van der Waals surface area contributed by atoms with Crippen LogP contribution in [0.3, 0.4) is 0 Å². The molecule has 0 saturated carbocycles. The molecular weight excluding hydrogens is 457 g/mol. The second-order valence-corrected chi connectivity index (χ2v) is 9.20. The smallest absolute Gasteiger partial charge is 0.249 e. The van der Waals surface area contributed by atoms with Crippen LogP contribution in [0.5, 0.6) is 0 Å². The number of nitrogens with zero attached hydrogens (tertiary/aromatic N) is 4. The van der Waals surface area contributed by atoms with Crippen molar-refractivity contribution < 1.29 is 4.79 Å². The molecule has 1 N–H and O–H groups in total. The third-order valence-corrected chi connectivity index (χ3v) is 6.63. The molecule has 1 saturated heterocycles. The Balaban J connectivity index is 1.31. The predicted octanol–water partition coefficient (Wildman–Crippen LogP) is 4.35. The molecule has 2 aromatic carbocycles. The van der Waals surface area contributed by atoms with Crippen LogP contribution >= 0.6 is 11.6 Å². The van der Waals surface area contributed by atoms with E-state index in [0.29, 0.717) is 29.2 Å². The van der Waals surface area contributed by atoms with Gasteiger partial charge in [-0.05, 0) is 42.9 Å². The second-order valence-electron chi connectivity index (χ2n) is 8.79. The van der Waals surface area contributed by atoms with E-state index in [0.717, 1.165) is 41.1 Å². The summed E-state index contributed by atoms with van der Waals surface area (Å²) >= 11 is 6.43. The number of amides is 1. The molecule has 5 rings (SSSR count). The number of anilines is 1. The van der Waals surface area contributed by atoms with Gasteiger partial charge in [-0.15, -0.1) is 0 Å². The lowest BCUT2D eigenvalue weighted by Crippen LogP contribution is -2.42. The van der Waals surface area contributed by atoms with Crippen LogP contribution in [0.2, 0.25) is 5.02 Å². The minimum Gasteiger partial charge on any atom is -0.367 e. The Morgan fingerprint density at radius 1 is 1.11 bits per heavy atom. The highest BCUT2D eigenvalue weighted by Crippen LogP contribution is 2.29. The van der Waals surface area contributed by atoms with Crippen LogP contribution in [0.25, 0.3) is 23.0 Å². The molecule has 1 amide bonds. The number of piperidine rings is 1. The second kappa shape index (κ2) is 9.96. The summed E-state index contributed by atoms with van der Waals surface area (Å²) in [5, 5.41) is 8.64. The van der Waals surface area contributed by atoms with Crippen molar-refractivity contribution in [3.8, 4) is 11.3 Å². The molecule has 8 heteroatoms. The number of fused-ring (bicyclic) bond motifs is 1. The number of benzene rings is 2. The highest BCUT2D eigenvalue weighted by atomic mass is 35.5. The third kappa shape index (κ3) is 4.96. The van der Waals surface area contributed by atoms with Gasteiger partial charge in [-0.1, -0.05) is 60.1 Å². The van der Waals surface area contributed by atoms with E-state index >= 15 is 0 Å². The van der Waals surface area contributed by atoms with E-state index in [2.05, 4.69) is 10.4 Å². The van der Waals surface area contributed by atoms with Gasteiger partial charge in [0.05, 0.1) is 5.69 Å². The van der Waals surface area contributed by atoms with Gasteiger partial charge >= 0.3 is 0 Å². The van der Waals surface area contributed by atoms with E-state index in [1.807, 2.05) is 78.6 Å². The van der Waals surface area contributed by atoms with Crippen molar-refractivity contribution in [3.63, 3.8) is 0 Å². The summed E-state index contributed by atoms with van der Waals surface area (Å²) < 4.78 is 1.72. The molecule has 2 aromatic heterocycles. The summed E-state index contributed by atoms with van der Waals surface area (Å²) in [6.07, 6.45) is 5.20. The van der Waals surface area contributed by atoms with Gasteiger partial charge in [0.2, 0.25) is 5.91 Å². The summed E-state index contributed by atoms with van der Waals surface area (Å²) in [6, 6.07) is 19.7. The third-order valence-electron chi connectivity index (χ3n) is 6.30. The molecule has 6 nitrogen and oxygen atoms in total. The Bertz CT molecular complexity index is 1390. The summed E-state index contributed by atoms with van der Waals surface area (Å²) in [6.45, 7) is 3.25. The summed E-state index contributed by atoms with van der Waals surface area (Å²) in [7, 11) is 6.14. The fourth-order valence-corrected chi connectivity index (χ4v) is 4.67. The van der Waals surface area contributed by atoms with Crippen LogP contribution in [0.1, 0.15) is 25.3 Å². The Labute approximate surface area is 211 Å². The predicted molar refractivity (Wildman–Crippen MR) is 142 cm³/mol. The van der Waals surface area contributed by atoms with Crippen molar-refractivity contribution in [2.45, 2.75) is 25.8 Å². The number of carbonyl (C=O) groups excluding carboxylic acids is 1. The Morgan fingerprint density at radius 3 is 2.57 bits per heavy atom. The monoisotopic (exact) mass is 481 g/mol. The summed E-state index contributed by atoms with van der Waals surface area (Å²) in [4.78, 5) is 19.6. The molecule has 0 spiro atoms. The quantitative estimate of drug-likeness (QED) is 0.340. The zero-order chi connectivity index (χ0) is 24.4. The number of hydrogen-bond acceptors (Lipinski definition) is 4. The molecule has 174 valence electrons. The topological polar surface area (TPSA) is 62.5 Å². The van der Waals surface area contributed by atoms with Crippen molar-refractivity contribution in [1.82, 2.24) is 19.5 Å². The number of carbonyl (C=O) groups is 1. The molecule has 1 fully saturated rings. The summed E-state index contributed by atoms with van der Waals surface area (Å²) in [5.41, 5.74) is 4.43. The van der Waals surface area contributed by atoms with E-state index in [9.17, 15) is 4.79 Å². The molecule has 35 heavy (non-hydrogen) atoms. The van der Waals surface area contributed by atoms with E-state index in [-0.39, 0.29) is 11.9 Å². The normalized spacial score (nSPS) is 14.9. The molecular formula is C27H25BClN5O. The molecule has 0 atom stereocenters. The molecule has 3 heterocycles. The number of likely N-dealkylation sites (tertiary alicyclic amines) is 1.